The molecule has 0 aliphatic rings. The van der Waals surface area contributed by atoms with Gasteiger partial charge in [0.05, 0.1) is 7.11 Å². The largest absolute Gasteiger partial charge is 0.314 e. The van der Waals surface area contributed by atoms with Gasteiger partial charge in [-0.3, -0.25) is 0 Å². The van der Waals surface area contributed by atoms with E-state index in [1.807, 2.05) is 12.1 Å². The quantitative estimate of drug-likeness (QED) is 0.287. The predicted molar refractivity (Wildman–Crippen MR) is 94.8 cm³/mol. The van der Waals surface area contributed by atoms with Crippen molar-refractivity contribution in [1.29, 1.82) is 0 Å². The third kappa shape index (κ3) is 8.79. The summed E-state index contributed by atoms with van der Waals surface area (Å²) in [4.78, 5) is 0.826. The zero-order chi connectivity index (χ0) is 16.0. The van der Waals surface area contributed by atoms with Crippen molar-refractivity contribution in [3.63, 3.8) is 0 Å². The summed E-state index contributed by atoms with van der Waals surface area (Å²) in [6.45, 7) is 2.26. The summed E-state index contributed by atoms with van der Waals surface area (Å²) in [7, 11) is 1.60. The summed E-state index contributed by atoms with van der Waals surface area (Å²) in [5, 5.41) is 0. The molecule has 3 heteroatoms. The number of unbranched alkanes of at least 4 members (excludes halogenated alkanes) is 9. The highest BCUT2D eigenvalue weighted by molar-refractivity contribution is 7.94. The fourth-order valence-electron chi connectivity index (χ4n) is 2.68. The van der Waals surface area contributed by atoms with E-state index in [1.165, 1.54) is 69.8 Å². The van der Waals surface area contributed by atoms with Crippen LogP contribution in [0.2, 0.25) is 0 Å². The topological polar surface area (TPSA) is 9.23 Å². The van der Waals surface area contributed by atoms with Crippen LogP contribution in [0, 0.1) is 5.82 Å². The Morgan fingerprint density at radius 2 is 1.50 bits per heavy atom. The fraction of sp³-hybridized carbons (Fsp3) is 0.684. The van der Waals surface area contributed by atoms with Crippen molar-refractivity contribution in [2.75, 3.05) is 7.11 Å². The van der Waals surface area contributed by atoms with Gasteiger partial charge in [0.25, 0.3) is 0 Å². The Bertz CT molecular complexity index is 395. The second-order valence-corrected chi connectivity index (χ2v) is 6.91. The molecular weight excluding hydrogens is 295 g/mol. The Kier molecular flexibility index (Phi) is 11.5. The van der Waals surface area contributed by atoms with Gasteiger partial charge in [0.1, 0.15) is 5.82 Å². The fourth-order valence-corrected chi connectivity index (χ4v) is 3.15. The molecule has 22 heavy (non-hydrogen) atoms. The summed E-state index contributed by atoms with van der Waals surface area (Å²) < 4.78 is 18.8. The SMILES string of the molecule is CCCCCCCCCCCCc1ccc(SOC)cc1F. The molecule has 0 saturated carbocycles. The minimum Gasteiger partial charge on any atom is -0.314 e. The second kappa shape index (κ2) is 13.0. The number of aryl methyl sites for hydroxylation is 1. The van der Waals surface area contributed by atoms with E-state index in [4.69, 9.17) is 4.18 Å². The maximum Gasteiger partial charge on any atom is 0.127 e. The van der Waals surface area contributed by atoms with Crippen LogP contribution >= 0.6 is 12.0 Å². The molecule has 0 amide bonds. The molecule has 1 rings (SSSR count). The van der Waals surface area contributed by atoms with Gasteiger partial charge in [0, 0.05) is 16.9 Å². The molecule has 0 saturated heterocycles. The van der Waals surface area contributed by atoms with Crippen LogP contribution in [0.15, 0.2) is 23.1 Å². The molecular formula is C19H31FOS. The zero-order valence-corrected chi connectivity index (χ0v) is 15.0. The van der Waals surface area contributed by atoms with Crippen molar-refractivity contribution in [3.05, 3.63) is 29.6 Å². The number of hydrogen-bond acceptors (Lipinski definition) is 2. The summed E-state index contributed by atoms with van der Waals surface area (Å²) in [5.74, 6) is -0.0991. The normalized spacial score (nSPS) is 11.0. The molecule has 0 bridgehead atoms. The van der Waals surface area contributed by atoms with Gasteiger partial charge in [-0.25, -0.2) is 4.39 Å². The smallest absolute Gasteiger partial charge is 0.127 e. The number of halogens is 1. The van der Waals surface area contributed by atoms with Crippen LogP contribution in [0.3, 0.4) is 0 Å². The Labute approximate surface area is 140 Å². The van der Waals surface area contributed by atoms with Gasteiger partial charge in [0.2, 0.25) is 0 Å². The summed E-state index contributed by atoms with van der Waals surface area (Å²) in [6.07, 6.45) is 14.0. The van der Waals surface area contributed by atoms with Gasteiger partial charge in [0.15, 0.2) is 0 Å². The third-order valence-corrected chi connectivity index (χ3v) is 4.62. The molecule has 0 aromatic heterocycles. The highest BCUT2D eigenvalue weighted by Crippen LogP contribution is 2.22. The summed E-state index contributed by atoms with van der Waals surface area (Å²) in [6, 6.07) is 5.40. The van der Waals surface area contributed by atoms with Gasteiger partial charge in [-0.1, -0.05) is 70.8 Å². The predicted octanol–water partition coefficient (Wildman–Crippen LogP) is 6.94. The lowest BCUT2D eigenvalue weighted by Crippen LogP contribution is -1.92. The number of hydrogen-bond donors (Lipinski definition) is 0. The van der Waals surface area contributed by atoms with E-state index in [9.17, 15) is 4.39 Å². The lowest BCUT2D eigenvalue weighted by Gasteiger charge is -2.06. The van der Waals surface area contributed by atoms with Crippen molar-refractivity contribution >= 4 is 12.0 Å². The van der Waals surface area contributed by atoms with Gasteiger partial charge in [-0.2, -0.15) is 0 Å². The Morgan fingerprint density at radius 3 is 2.05 bits per heavy atom. The highest BCUT2D eigenvalue weighted by Gasteiger charge is 2.04. The Balaban J connectivity index is 2.05. The van der Waals surface area contributed by atoms with Crippen molar-refractivity contribution in [2.24, 2.45) is 0 Å². The van der Waals surface area contributed by atoms with Crippen molar-refractivity contribution in [3.8, 4) is 0 Å². The van der Waals surface area contributed by atoms with E-state index in [1.54, 1.807) is 13.2 Å². The monoisotopic (exact) mass is 326 g/mol. The molecule has 0 aliphatic heterocycles. The van der Waals surface area contributed by atoms with Crippen LogP contribution in [-0.4, -0.2) is 7.11 Å². The Morgan fingerprint density at radius 1 is 0.909 bits per heavy atom. The maximum atomic E-state index is 13.9. The molecule has 1 aromatic rings. The second-order valence-electron chi connectivity index (χ2n) is 5.94. The minimum absolute atomic E-state index is 0.0991. The molecule has 0 unspecified atom stereocenters. The van der Waals surface area contributed by atoms with Crippen LogP contribution in [0.4, 0.5) is 4.39 Å². The third-order valence-electron chi connectivity index (χ3n) is 4.00. The van der Waals surface area contributed by atoms with Crippen LogP contribution < -0.4 is 0 Å². The molecule has 0 N–H and O–H groups in total. The average molecular weight is 327 g/mol. The molecule has 0 atom stereocenters. The van der Waals surface area contributed by atoms with Crippen molar-refractivity contribution < 1.29 is 8.57 Å². The molecule has 0 radical (unpaired) electrons. The molecule has 0 fully saturated rings. The van der Waals surface area contributed by atoms with E-state index in [-0.39, 0.29) is 5.82 Å². The van der Waals surface area contributed by atoms with Crippen molar-refractivity contribution in [1.82, 2.24) is 0 Å². The molecule has 1 nitrogen and oxygen atoms in total. The molecule has 0 spiro atoms. The lowest BCUT2D eigenvalue weighted by atomic mass is 10.0. The summed E-state index contributed by atoms with van der Waals surface area (Å²) >= 11 is 1.20. The van der Waals surface area contributed by atoms with Crippen LogP contribution in [0.25, 0.3) is 0 Å². The zero-order valence-electron chi connectivity index (χ0n) is 14.2. The molecule has 1 aromatic carbocycles. The van der Waals surface area contributed by atoms with Gasteiger partial charge in [-0.05, 0) is 30.5 Å². The first-order valence-electron chi connectivity index (χ1n) is 8.77. The highest BCUT2D eigenvalue weighted by atomic mass is 32.2. The Hall–Kier alpha value is -0.540. The summed E-state index contributed by atoms with van der Waals surface area (Å²) in [5.41, 5.74) is 0.833. The molecule has 0 heterocycles. The molecule has 126 valence electrons. The standard InChI is InChI=1S/C19H31FOS/c1-3-4-5-6-7-8-9-10-11-12-13-17-14-15-18(22-21-2)16-19(17)20/h14-16H,3-13H2,1-2H3. The van der Waals surface area contributed by atoms with Gasteiger partial charge in [-0.15, -0.1) is 0 Å². The van der Waals surface area contributed by atoms with Crippen molar-refractivity contribution in [2.45, 2.75) is 82.4 Å². The number of benzene rings is 1. The van der Waals surface area contributed by atoms with Crippen LogP contribution in [0.5, 0.6) is 0 Å². The lowest BCUT2D eigenvalue weighted by molar-refractivity contribution is 0.489. The average Bonchev–Trinajstić information content (AvgIpc) is 2.51. The van der Waals surface area contributed by atoms with Gasteiger partial charge >= 0.3 is 0 Å². The van der Waals surface area contributed by atoms with E-state index in [0.717, 1.165) is 23.3 Å². The van der Waals surface area contributed by atoms with Gasteiger partial charge < -0.3 is 4.18 Å². The number of rotatable bonds is 13. The first-order chi connectivity index (χ1) is 10.8. The molecule has 0 aliphatic carbocycles. The minimum atomic E-state index is -0.0991. The first kappa shape index (κ1) is 19.5. The van der Waals surface area contributed by atoms with E-state index in [0.29, 0.717) is 0 Å². The van der Waals surface area contributed by atoms with E-state index in [2.05, 4.69) is 6.92 Å². The first-order valence-corrected chi connectivity index (χ1v) is 9.51. The van der Waals surface area contributed by atoms with E-state index < -0.39 is 0 Å². The van der Waals surface area contributed by atoms with Crippen LogP contribution in [-0.2, 0) is 10.6 Å². The van der Waals surface area contributed by atoms with E-state index >= 15 is 0 Å². The van der Waals surface area contributed by atoms with Crippen LogP contribution in [0.1, 0.15) is 76.7 Å². The maximum absolute atomic E-state index is 13.9.